The molecule has 1 aliphatic rings. The number of aromatic nitrogens is 2. The fraction of sp³-hybridized carbons (Fsp3) is 0.207. The van der Waals surface area contributed by atoms with E-state index in [1.807, 2.05) is 72.3 Å². The number of carbonyl (C=O) groups is 2. The van der Waals surface area contributed by atoms with Gasteiger partial charge in [0.1, 0.15) is 12.4 Å². The van der Waals surface area contributed by atoms with E-state index in [4.69, 9.17) is 4.98 Å². The maximum Gasteiger partial charge on any atom is 0.254 e. The number of aryl methyl sites for hydroxylation is 1. The van der Waals surface area contributed by atoms with Crippen molar-refractivity contribution in [3.8, 4) is 16.9 Å². The van der Waals surface area contributed by atoms with Crippen molar-refractivity contribution in [2.24, 2.45) is 5.92 Å². The lowest BCUT2D eigenvalue weighted by atomic mass is 10.2. The van der Waals surface area contributed by atoms with Gasteiger partial charge in [-0.25, -0.2) is 9.37 Å². The first-order chi connectivity index (χ1) is 17.5. The summed E-state index contributed by atoms with van der Waals surface area (Å²) in [5.74, 6) is -0.268. The minimum atomic E-state index is -0.407. The molecule has 1 saturated carbocycles. The molecule has 4 aromatic rings. The Kier molecular flexibility index (Phi) is 6.62. The highest BCUT2D eigenvalue weighted by molar-refractivity contribution is 5.99. The standard InChI is InChI=1S/C29H27FN4O2/c1-20-6-5-9-25(16-20)34-18-26(22-7-3-2-4-8-22)31-29(34)32-27(35)19-33(17-21-10-11-21)28(36)23-12-14-24(30)15-13-23/h2-9,12-16,18,21H,10-11,17,19H2,1H3,(H,31,32,35). The van der Waals surface area contributed by atoms with Crippen molar-refractivity contribution in [2.75, 3.05) is 18.4 Å². The number of halogens is 1. The van der Waals surface area contributed by atoms with Crippen LogP contribution >= 0.6 is 0 Å². The van der Waals surface area contributed by atoms with Gasteiger partial charge < -0.3 is 4.90 Å². The van der Waals surface area contributed by atoms with Crippen LogP contribution in [0.1, 0.15) is 28.8 Å². The van der Waals surface area contributed by atoms with Crippen molar-refractivity contribution in [3.05, 3.63) is 102 Å². The quantitative estimate of drug-likeness (QED) is 0.362. The second-order valence-electron chi connectivity index (χ2n) is 9.21. The first-order valence-electron chi connectivity index (χ1n) is 12.0. The van der Waals surface area contributed by atoms with E-state index in [-0.39, 0.29) is 18.4 Å². The molecule has 1 fully saturated rings. The monoisotopic (exact) mass is 482 g/mol. The molecule has 1 heterocycles. The van der Waals surface area contributed by atoms with Gasteiger partial charge in [-0.15, -0.1) is 0 Å². The third kappa shape index (κ3) is 5.51. The molecule has 0 spiro atoms. The smallest absolute Gasteiger partial charge is 0.254 e. The van der Waals surface area contributed by atoms with Gasteiger partial charge in [0.15, 0.2) is 0 Å². The SMILES string of the molecule is Cc1cccc(-n2cc(-c3ccccc3)nc2NC(=O)CN(CC2CC2)C(=O)c2ccc(F)cc2)c1. The molecular weight excluding hydrogens is 455 g/mol. The van der Waals surface area contributed by atoms with Gasteiger partial charge in [-0.05, 0) is 67.6 Å². The van der Waals surface area contributed by atoms with Gasteiger partial charge in [0.2, 0.25) is 11.9 Å². The Morgan fingerprint density at radius 1 is 1.03 bits per heavy atom. The Morgan fingerprint density at radius 2 is 1.78 bits per heavy atom. The van der Waals surface area contributed by atoms with Crippen LogP contribution in [0.25, 0.3) is 16.9 Å². The lowest BCUT2D eigenvalue weighted by Crippen LogP contribution is -2.39. The summed E-state index contributed by atoms with van der Waals surface area (Å²) in [5, 5.41) is 2.92. The van der Waals surface area contributed by atoms with Crippen molar-refractivity contribution >= 4 is 17.8 Å². The second-order valence-corrected chi connectivity index (χ2v) is 9.21. The first-order valence-corrected chi connectivity index (χ1v) is 12.0. The van der Waals surface area contributed by atoms with E-state index in [2.05, 4.69) is 5.32 Å². The van der Waals surface area contributed by atoms with Gasteiger partial charge in [-0.3, -0.25) is 19.5 Å². The highest BCUT2D eigenvalue weighted by Gasteiger charge is 2.29. The minimum absolute atomic E-state index is 0.117. The van der Waals surface area contributed by atoms with Crippen LogP contribution in [-0.2, 0) is 4.79 Å². The molecule has 1 aromatic heterocycles. The highest BCUT2D eigenvalue weighted by Crippen LogP contribution is 2.30. The van der Waals surface area contributed by atoms with Gasteiger partial charge in [0.25, 0.3) is 5.91 Å². The molecule has 182 valence electrons. The molecule has 0 aliphatic heterocycles. The number of anilines is 1. The highest BCUT2D eigenvalue weighted by atomic mass is 19.1. The molecule has 0 radical (unpaired) electrons. The maximum atomic E-state index is 13.4. The average molecular weight is 483 g/mol. The predicted octanol–water partition coefficient (Wildman–Crippen LogP) is 5.48. The number of nitrogens with zero attached hydrogens (tertiary/aromatic N) is 3. The zero-order valence-corrected chi connectivity index (χ0v) is 20.0. The normalized spacial score (nSPS) is 12.8. The fourth-order valence-corrected chi connectivity index (χ4v) is 4.14. The first kappa shape index (κ1) is 23.5. The zero-order valence-electron chi connectivity index (χ0n) is 20.0. The average Bonchev–Trinajstić information content (AvgIpc) is 3.61. The molecule has 0 atom stereocenters. The summed E-state index contributed by atoms with van der Waals surface area (Å²) in [4.78, 5) is 32.6. The van der Waals surface area contributed by atoms with Crippen molar-refractivity contribution < 1.29 is 14.0 Å². The van der Waals surface area contributed by atoms with Crippen LogP contribution in [0.5, 0.6) is 0 Å². The summed E-state index contributed by atoms with van der Waals surface area (Å²) >= 11 is 0. The summed E-state index contributed by atoms with van der Waals surface area (Å²) in [7, 11) is 0. The van der Waals surface area contributed by atoms with Crippen molar-refractivity contribution in [1.82, 2.24) is 14.5 Å². The molecule has 3 aromatic carbocycles. The Morgan fingerprint density at radius 3 is 2.47 bits per heavy atom. The summed E-state index contributed by atoms with van der Waals surface area (Å²) in [6.07, 6.45) is 3.96. The van der Waals surface area contributed by atoms with Crippen LogP contribution in [0.2, 0.25) is 0 Å². The Balaban J connectivity index is 1.40. The molecule has 2 amide bonds. The third-order valence-corrected chi connectivity index (χ3v) is 6.19. The summed E-state index contributed by atoms with van der Waals surface area (Å²) in [6.45, 7) is 2.38. The van der Waals surface area contributed by atoms with E-state index < -0.39 is 5.82 Å². The van der Waals surface area contributed by atoms with Crippen LogP contribution in [0.15, 0.2) is 85.1 Å². The molecule has 0 unspecified atom stereocenters. The van der Waals surface area contributed by atoms with E-state index in [0.29, 0.717) is 24.0 Å². The lowest BCUT2D eigenvalue weighted by molar-refractivity contribution is -0.117. The second kappa shape index (κ2) is 10.2. The van der Waals surface area contributed by atoms with Crippen molar-refractivity contribution in [1.29, 1.82) is 0 Å². The molecule has 36 heavy (non-hydrogen) atoms. The number of nitrogens with one attached hydrogen (secondary N) is 1. The number of carbonyl (C=O) groups excluding carboxylic acids is 2. The molecular formula is C29H27FN4O2. The molecule has 5 rings (SSSR count). The Labute approximate surface area is 209 Å². The summed E-state index contributed by atoms with van der Waals surface area (Å²) < 4.78 is 15.2. The Bertz CT molecular complexity index is 1380. The van der Waals surface area contributed by atoms with E-state index in [0.717, 1.165) is 35.3 Å². The van der Waals surface area contributed by atoms with E-state index >= 15 is 0 Å². The fourth-order valence-electron chi connectivity index (χ4n) is 4.14. The number of rotatable bonds is 8. The molecule has 7 heteroatoms. The van der Waals surface area contributed by atoms with Gasteiger partial charge in [0.05, 0.1) is 5.69 Å². The molecule has 1 N–H and O–H groups in total. The summed E-state index contributed by atoms with van der Waals surface area (Å²) in [5.41, 5.74) is 3.97. The molecule has 1 aliphatic carbocycles. The van der Waals surface area contributed by atoms with E-state index in [1.54, 1.807) is 0 Å². The molecule has 0 bridgehead atoms. The zero-order chi connectivity index (χ0) is 25.1. The lowest BCUT2D eigenvalue weighted by Gasteiger charge is -2.22. The van der Waals surface area contributed by atoms with Crippen molar-refractivity contribution in [2.45, 2.75) is 19.8 Å². The summed E-state index contributed by atoms with van der Waals surface area (Å²) in [6, 6.07) is 23.1. The number of imidazole rings is 1. The predicted molar refractivity (Wildman–Crippen MR) is 137 cm³/mol. The maximum absolute atomic E-state index is 13.4. The van der Waals surface area contributed by atoms with Crippen LogP contribution in [0.4, 0.5) is 10.3 Å². The minimum Gasteiger partial charge on any atom is -0.329 e. The molecule has 0 saturated heterocycles. The number of hydrogen-bond donors (Lipinski definition) is 1. The number of hydrogen-bond acceptors (Lipinski definition) is 3. The van der Waals surface area contributed by atoms with Crippen LogP contribution < -0.4 is 5.32 Å². The number of benzene rings is 3. The molecule has 6 nitrogen and oxygen atoms in total. The Hall–Kier alpha value is -4.26. The van der Waals surface area contributed by atoms with Crippen LogP contribution in [0, 0.1) is 18.7 Å². The van der Waals surface area contributed by atoms with Gasteiger partial charge >= 0.3 is 0 Å². The third-order valence-electron chi connectivity index (χ3n) is 6.19. The largest absolute Gasteiger partial charge is 0.329 e. The van der Waals surface area contributed by atoms with Crippen LogP contribution in [-0.4, -0.2) is 39.4 Å². The van der Waals surface area contributed by atoms with Crippen molar-refractivity contribution in [3.63, 3.8) is 0 Å². The van der Waals surface area contributed by atoms with Gasteiger partial charge in [-0.2, -0.15) is 0 Å². The number of amides is 2. The van der Waals surface area contributed by atoms with Gasteiger partial charge in [-0.1, -0.05) is 42.5 Å². The van der Waals surface area contributed by atoms with Gasteiger partial charge in [0, 0.05) is 29.6 Å². The van der Waals surface area contributed by atoms with E-state index in [1.165, 1.54) is 29.2 Å². The topological polar surface area (TPSA) is 67.2 Å². The van der Waals surface area contributed by atoms with E-state index in [9.17, 15) is 14.0 Å². The van der Waals surface area contributed by atoms with Crippen LogP contribution in [0.3, 0.4) is 0 Å².